The quantitative estimate of drug-likeness (QED) is 0.866. The fourth-order valence-electron chi connectivity index (χ4n) is 2.67. The molecule has 2 fully saturated rings. The fourth-order valence-corrected chi connectivity index (χ4v) is 2.67. The molecule has 1 amide bonds. The van der Waals surface area contributed by atoms with E-state index in [1.165, 1.54) is 0 Å². The molecule has 2 rings (SSSR count). The van der Waals surface area contributed by atoms with Crippen LogP contribution in [0.3, 0.4) is 0 Å². The van der Waals surface area contributed by atoms with E-state index in [9.17, 15) is 13.6 Å². The van der Waals surface area contributed by atoms with E-state index in [2.05, 4.69) is 5.32 Å². The number of halogens is 2. The Morgan fingerprint density at radius 1 is 1.19 bits per heavy atom. The van der Waals surface area contributed by atoms with E-state index in [0.29, 0.717) is 12.8 Å². The van der Waals surface area contributed by atoms with Gasteiger partial charge >= 0.3 is 6.09 Å². The zero-order valence-electron chi connectivity index (χ0n) is 13.0. The van der Waals surface area contributed by atoms with Crippen molar-refractivity contribution in [3.63, 3.8) is 0 Å². The topological polar surface area (TPSA) is 47.6 Å². The number of carbonyl (C=O) groups excluding carboxylic acids is 1. The second-order valence-corrected chi connectivity index (χ2v) is 7.00. The number of alkyl halides is 2. The summed E-state index contributed by atoms with van der Waals surface area (Å²) in [6, 6.07) is -1.30. The smallest absolute Gasteiger partial charge is 0.408 e. The average molecular weight is 305 g/mol. The summed E-state index contributed by atoms with van der Waals surface area (Å²) < 4.78 is 39.1. The van der Waals surface area contributed by atoms with Crippen LogP contribution in [0.5, 0.6) is 0 Å². The monoisotopic (exact) mass is 305 g/mol. The first kappa shape index (κ1) is 16.5. The van der Waals surface area contributed by atoms with Crippen molar-refractivity contribution in [2.45, 2.75) is 89.1 Å². The number of nitrogens with one attached hydrogen (secondary N) is 1. The highest BCUT2D eigenvalue weighted by molar-refractivity contribution is 5.68. The first-order chi connectivity index (χ1) is 9.67. The molecule has 0 radical (unpaired) electrons. The SMILES string of the molecule is CC(C)(C)OC(=O)N[C@@H]1[C@@H](OC2CCC2)CCCC1(F)F. The predicted octanol–water partition coefficient (Wildman–Crippen LogP) is 3.64. The lowest BCUT2D eigenvalue weighted by molar-refractivity contribution is -0.153. The third-order valence-corrected chi connectivity index (χ3v) is 3.92. The first-order valence-corrected chi connectivity index (χ1v) is 7.70. The van der Waals surface area contributed by atoms with Gasteiger partial charge in [0.15, 0.2) is 0 Å². The predicted molar refractivity (Wildman–Crippen MR) is 74.5 cm³/mol. The number of amides is 1. The molecule has 0 aromatic heterocycles. The van der Waals surface area contributed by atoms with Crippen LogP contribution in [-0.4, -0.2) is 35.9 Å². The largest absolute Gasteiger partial charge is 0.444 e. The van der Waals surface area contributed by atoms with Gasteiger partial charge in [-0.25, -0.2) is 13.6 Å². The minimum absolute atomic E-state index is 0.0619. The van der Waals surface area contributed by atoms with Gasteiger partial charge in [0.2, 0.25) is 0 Å². The van der Waals surface area contributed by atoms with Crippen LogP contribution in [0.25, 0.3) is 0 Å². The lowest BCUT2D eigenvalue weighted by Crippen LogP contribution is -2.59. The molecule has 6 heteroatoms. The Morgan fingerprint density at radius 2 is 1.86 bits per heavy atom. The summed E-state index contributed by atoms with van der Waals surface area (Å²) in [6.45, 7) is 5.11. The van der Waals surface area contributed by atoms with E-state index in [1.54, 1.807) is 20.8 Å². The molecule has 4 nitrogen and oxygen atoms in total. The lowest BCUT2D eigenvalue weighted by atomic mass is 9.87. The Balaban J connectivity index is 2.00. The van der Waals surface area contributed by atoms with E-state index >= 15 is 0 Å². The highest BCUT2D eigenvalue weighted by Gasteiger charge is 2.49. The summed E-state index contributed by atoms with van der Waals surface area (Å²) in [7, 11) is 0. The van der Waals surface area contributed by atoms with Crippen LogP contribution in [0.1, 0.15) is 59.3 Å². The van der Waals surface area contributed by atoms with E-state index in [1.807, 2.05) is 0 Å². The number of hydrogen-bond acceptors (Lipinski definition) is 3. The van der Waals surface area contributed by atoms with Crippen molar-refractivity contribution in [1.29, 1.82) is 0 Å². The van der Waals surface area contributed by atoms with Gasteiger partial charge in [-0.3, -0.25) is 0 Å². The number of rotatable bonds is 3. The molecule has 0 bridgehead atoms. The van der Waals surface area contributed by atoms with E-state index in [4.69, 9.17) is 9.47 Å². The molecule has 2 saturated carbocycles. The molecule has 21 heavy (non-hydrogen) atoms. The first-order valence-electron chi connectivity index (χ1n) is 7.70. The highest BCUT2D eigenvalue weighted by Crippen LogP contribution is 2.37. The second-order valence-electron chi connectivity index (χ2n) is 7.00. The Morgan fingerprint density at radius 3 is 2.38 bits per heavy atom. The Kier molecular flexibility index (Phi) is 4.76. The Hall–Kier alpha value is -0.910. The molecule has 0 aliphatic heterocycles. The van der Waals surface area contributed by atoms with E-state index < -0.39 is 29.8 Å². The van der Waals surface area contributed by atoms with Crippen molar-refractivity contribution in [1.82, 2.24) is 5.32 Å². The van der Waals surface area contributed by atoms with Crippen molar-refractivity contribution >= 4 is 6.09 Å². The maximum atomic E-state index is 14.1. The molecule has 2 atom stereocenters. The summed E-state index contributed by atoms with van der Waals surface area (Å²) in [5.41, 5.74) is -0.710. The number of hydrogen-bond donors (Lipinski definition) is 1. The zero-order valence-corrected chi connectivity index (χ0v) is 13.0. The number of alkyl carbamates (subject to hydrolysis) is 1. The van der Waals surface area contributed by atoms with Gasteiger partial charge in [0.05, 0.1) is 12.2 Å². The number of ether oxygens (including phenoxy) is 2. The molecule has 0 unspecified atom stereocenters. The van der Waals surface area contributed by atoms with Crippen LogP contribution >= 0.6 is 0 Å². The Bertz CT molecular complexity index is 378. The molecular weight excluding hydrogens is 280 g/mol. The maximum absolute atomic E-state index is 14.1. The van der Waals surface area contributed by atoms with Crippen molar-refractivity contribution < 1.29 is 23.0 Å². The van der Waals surface area contributed by atoms with Crippen molar-refractivity contribution in [3.8, 4) is 0 Å². The minimum atomic E-state index is -2.95. The molecular formula is C15H25F2NO3. The van der Waals surface area contributed by atoms with Crippen LogP contribution in [-0.2, 0) is 9.47 Å². The van der Waals surface area contributed by atoms with Gasteiger partial charge in [-0.05, 0) is 52.9 Å². The summed E-state index contributed by atoms with van der Waals surface area (Å²) >= 11 is 0. The average Bonchev–Trinajstić information content (AvgIpc) is 2.24. The highest BCUT2D eigenvalue weighted by atomic mass is 19.3. The van der Waals surface area contributed by atoms with Gasteiger partial charge in [-0.15, -0.1) is 0 Å². The Labute approximate surface area is 124 Å². The zero-order chi connectivity index (χ0) is 15.7. The standard InChI is InChI=1S/C15H25F2NO3/c1-14(2,3)21-13(19)18-12-11(20-10-6-4-7-10)8-5-9-15(12,16)17/h10-12H,4-9H2,1-3H3,(H,18,19)/t11-,12+/m0/s1. The van der Waals surface area contributed by atoms with Gasteiger partial charge in [0.1, 0.15) is 11.6 Å². The van der Waals surface area contributed by atoms with Crippen LogP contribution in [0.2, 0.25) is 0 Å². The van der Waals surface area contributed by atoms with Crippen LogP contribution in [0.15, 0.2) is 0 Å². The van der Waals surface area contributed by atoms with E-state index in [-0.39, 0.29) is 12.5 Å². The maximum Gasteiger partial charge on any atom is 0.408 e. The van der Waals surface area contributed by atoms with Gasteiger partial charge < -0.3 is 14.8 Å². The minimum Gasteiger partial charge on any atom is -0.444 e. The molecule has 2 aliphatic carbocycles. The van der Waals surface area contributed by atoms with Gasteiger partial charge in [0.25, 0.3) is 5.92 Å². The van der Waals surface area contributed by atoms with Crippen LogP contribution < -0.4 is 5.32 Å². The normalized spacial score (nSPS) is 29.6. The molecule has 2 aliphatic rings. The van der Waals surface area contributed by atoms with E-state index in [0.717, 1.165) is 19.3 Å². The summed E-state index contributed by atoms with van der Waals surface area (Å²) in [5, 5.41) is 2.33. The van der Waals surface area contributed by atoms with Crippen molar-refractivity contribution in [2.75, 3.05) is 0 Å². The van der Waals surface area contributed by atoms with Gasteiger partial charge in [0, 0.05) is 6.42 Å². The molecule has 0 aromatic carbocycles. The molecule has 0 spiro atoms. The van der Waals surface area contributed by atoms with Gasteiger partial charge in [-0.1, -0.05) is 0 Å². The van der Waals surface area contributed by atoms with Crippen LogP contribution in [0, 0.1) is 0 Å². The molecule has 1 N–H and O–H groups in total. The third-order valence-electron chi connectivity index (χ3n) is 3.92. The second kappa shape index (κ2) is 6.07. The molecule has 0 heterocycles. The van der Waals surface area contributed by atoms with Gasteiger partial charge in [-0.2, -0.15) is 0 Å². The lowest BCUT2D eigenvalue weighted by Gasteiger charge is -2.41. The van der Waals surface area contributed by atoms with Crippen LogP contribution in [0.4, 0.5) is 13.6 Å². The number of carbonyl (C=O) groups is 1. The third kappa shape index (κ3) is 4.53. The molecule has 122 valence electrons. The van der Waals surface area contributed by atoms with Crippen molar-refractivity contribution in [2.24, 2.45) is 0 Å². The summed E-state index contributed by atoms with van der Waals surface area (Å²) in [4.78, 5) is 11.8. The summed E-state index contributed by atoms with van der Waals surface area (Å²) in [5.74, 6) is -2.95. The summed E-state index contributed by atoms with van der Waals surface area (Å²) in [6.07, 6.45) is 2.27. The molecule has 0 aromatic rings. The molecule has 0 saturated heterocycles. The fraction of sp³-hybridized carbons (Fsp3) is 0.933. The van der Waals surface area contributed by atoms with Crippen molar-refractivity contribution in [3.05, 3.63) is 0 Å².